The Hall–Kier alpha value is -0.870. The second-order valence-corrected chi connectivity index (χ2v) is 6.16. The highest BCUT2D eigenvalue weighted by atomic mass is 79.9. The van der Waals surface area contributed by atoms with Gasteiger partial charge in [-0.25, -0.2) is 4.98 Å². The molecule has 90 valence electrons. The maximum Gasteiger partial charge on any atom is 0.159 e. The molecule has 0 amide bonds. The van der Waals surface area contributed by atoms with Crippen molar-refractivity contribution in [1.82, 2.24) is 4.98 Å². The molecule has 2 rings (SSSR count). The van der Waals surface area contributed by atoms with Crippen LogP contribution < -0.4 is 4.74 Å². The van der Waals surface area contributed by atoms with Gasteiger partial charge in [-0.3, -0.25) is 0 Å². The fourth-order valence-electron chi connectivity index (χ4n) is 1.99. The van der Waals surface area contributed by atoms with Gasteiger partial charge in [0.2, 0.25) is 0 Å². The number of methoxy groups -OCH3 is 1. The molecule has 1 aromatic carbocycles. The fourth-order valence-corrected chi connectivity index (χ4v) is 2.99. The molecule has 0 bridgehead atoms. The number of rotatable bonds is 2. The number of aryl methyl sites for hydroxylation is 2. The summed E-state index contributed by atoms with van der Waals surface area (Å²) < 4.78 is 6.45. The van der Waals surface area contributed by atoms with Crippen molar-refractivity contribution >= 4 is 27.3 Å². The van der Waals surface area contributed by atoms with Crippen LogP contribution in [0.25, 0.3) is 11.3 Å². The van der Waals surface area contributed by atoms with Crippen molar-refractivity contribution in [2.75, 3.05) is 7.11 Å². The number of thiazole rings is 1. The van der Waals surface area contributed by atoms with Crippen LogP contribution in [-0.2, 0) is 0 Å². The number of hydrogen-bond donors (Lipinski definition) is 0. The predicted octanol–water partition coefficient (Wildman–Crippen LogP) is 4.51. The molecular weight excluding hydrogens is 298 g/mol. The third-order valence-electron chi connectivity index (χ3n) is 2.92. The van der Waals surface area contributed by atoms with Crippen molar-refractivity contribution < 1.29 is 4.74 Å². The second-order valence-electron chi connectivity index (χ2n) is 4.03. The molecule has 0 saturated heterocycles. The maximum absolute atomic E-state index is 5.55. The van der Waals surface area contributed by atoms with Crippen LogP contribution in [0.3, 0.4) is 0 Å². The van der Waals surface area contributed by atoms with Crippen molar-refractivity contribution in [2.45, 2.75) is 20.8 Å². The second kappa shape index (κ2) is 4.78. The zero-order valence-electron chi connectivity index (χ0n) is 10.3. The van der Waals surface area contributed by atoms with Crippen LogP contribution >= 0.6 is 27.3 Å². The SMILES string of the molecule is COc1c(C)c(C)cc(C)c1-c1csc(Br)n1. The third-order valence-corrected chi connectivity index (χ3v) is 4.29. The van der Waals surface area contributed by atoms with Crippen LogP contribution in [0.15, 0.2) is 15.4 Å². The molecule has 0 spiro atoms. The molecule has 2 aromatic rings. The largest absolute Gasteiger partial charge is 0.496 e. The minimum absolute atomic E-state index is 0.896. The normalized spacial score (nSPS) is 10.6. The molecule has 0 N–H and O–H groups in total. The van der Waals surface area contributed by atoms with Gasteiger partial charge in [-0.05, 0) is 53.4 Å². The quantitative estimate of drug-likeness (QED) is 0.814. The molecule has 0 saturated carbocycles. The molecule has 2 nitrogen and oxygen atoms in total. The monoisotopic (exact) mass is 311 g/mol. The summed E-state index contributed by atoms with van der Waals surface area (Å²) in [6.07, 6.45) is 0. The van der Waals surface area contributed by atoms with Crippen LogP contribution in [-0.4, -0.2) is 12.1 Å². The van der Waals surface area contributed by atoms with Crippen LogP contribution in [0.5, 0.6) is 5.75 Å². The topological polar surface area (TPSA) is 22.1 Å². The Morgan fingerprint density at radius 3 is 2.47 bits per heavy atom. The zero-order chi connectivity index (χ0) is 12.6. The van der Waals surface area contributed by atoms with Gasteiger partial charge in [-0.1, -0.05) is 6.07 Å². The highest BCUT2D eigenvalue weighted by Crippen LogP contribution is 2.38. The van der Waals surface area contributed by atoms with Gasteiger partial charge in [0.25, 0.3) is 0 Å². The van der Waals surface area contributed by atoms with E-state index in [1.165, 1.54) is 16.7 Å². The van der Waals surface area contributed by atoms with E-state index in [-0.39, 0.29) is 0 Å². The molecule has 0 aliphatic carbocycles. The van der Waals surface area contributed by atoms with E-state index in [4.69, 9.17) is 4.74 Å². The van der Waals surface area contributed by atoms with Gasteiger partial charge >= 0.3 is 0 Å². The first-order valence-electron chi connectivity index (χ1n) is 5.30. The minimum atomic E-state index is 0.896. The Morgan fingerprint density at radius 1 is 1.24 bits per heavy atom. The van der Waals surface area contributed by atoms with Crippen LogP contribution in [0.4, 0.5) is 0 Å². The Labute approximate surface area is 114 Å². The van der Waals surface area contributed by atoms with Crippen LogP contribution in [0.1, 0.15) is 16.7 Å². The highest BCUT2D eigenvalue weighted by molar-refractivity contribution is 9.11. The van der Waals surface area contributed by atoms with Gasteiger partial charge in [0, 0.05) is 10.9 Å². The Kier molecular flexibility index (Phi) is 3.54. The van der Waals surface area contributed by atoms with Gasteiger partial charge in [0.15, 0.2) is 3.92 Å². The minimum Gasteiger partial charge on any atom is -0.496 e. The first kappa shape index (κ1) is 12.6. The number of nitrogens with zero attached hydrogens (tertiary/aromatic N) is 1. The standard InChI is InChI=1S/C13H14BrNOS/c1-7-5-8(2)11(12(16-4)9(7)3)10-6-17-13(14)15-10/h5-6H,1-4H3. The smallest absolute Gasteiger partial charge is 0.159 e. The molecule has 4 heteroatoms. The zero-order valence-corrected chi connectivity index (χ0v) is 12.7. The summed E-state index contributed by atoms with van der Waals surface area (Å²) >= 11 is 4.99. The van der Waals surface area contributed by atoms with Gasteiger partial charge in [-0.15, -0.1) is 11.3 Å². The number of hydrogen-bond acceptors (Lipinski definition) is 3. The summed E-state index contributed by atoms with van der Waals surface area (Å²) in [6.45, 7) is 6.28. The molecule has 1 aromatic heterocycles. The van der Waals surface area contributed by atoms with Gasteiger partial charge in [0.1, 0.15) is 5.75 Å². The molecule has 0 radical (unpaired) electrons. The summed E-state index contributed by atoms with van der Waals surface area (Å²) in [7, 11) is 1.71. The van der Waals surface area contributed by atoms with E-state index >= 15 is 0 Å². The lowest BCUT2D eigenvalue weighted by Crippen LogP contribution is -1.97. The van der Waals surface area contributed by atoms with Gasteiger partial charge in [0.05, 0.1) is 12.8 Å². The first-order chi connectivity index (χ1) is 8.04. The maximum atomic E-state index is 5.55. The number of benzene rings is 1. The van der Waals surface area contributed by atoms with E-state index in [2.05, 4.69) is 47.8 Å². The summed E-state index contributed by atoms with van der Waals surface area (Å²) in [6, 6.07) is 2.18. The summed E-state index contributed by atoms with van der Waals surface area (Å²) in [4.78, 5) is 4.48. The van der Waals surface area contributed by atoms with Crippen LogP contribution in [0, 0.1) is 20.8 Å². The van der Waals surface area contributed by atoms with E-state index in [1.54, 1.807) is 18.4 Å². The van der Waals surface area contributed by atoms with E-state index in [9.17, 15) is 0 Å². The molecule has 17 heavy (non-hydrogen) atoms. The molecular formula is C13H14BrNOS. The molecule has 0 fully saturated rings. The highest BCUT2D eigenvalue weighted by Gasteiger charge is 2.16. The lowest BCUT2D eigenvalue weighted by atomic mass is 9.97. The third kappa shape index (κ3) is 2.24. The van der Waals surface area contributed by atoms with E-state index < -0.39 is 0 Å². The summed E-state index contributed by atoms with van der Waals surface area (Å²) in [5.74, 6) is 0.931. The molecule has 0 unspecified atom stereocenters. The molecule has 1 heterocycles. The lowest BCUT2D eigenvalue weighted by molar-refractivity contribution is 0.412. The van der Waals surface area contributed by atoms with Crippen molar-refractivity contribution in [3.05, 3.63) is 32.1 Å². The number of ether oxygens (including phenoxy) is 1. The average Bonchev–Trinajstić information content (AvgIpc) is 2.69. The lowest BCUT2D eigenvalue weighted by Gasteiger charge is -2.15. The molecule has 0 aliphatic rings. The average molecular weight is 312 g/mol. The Morgan fingerprint density at radius 2 is 1.94 bits per heavy atom. The number of aromatic nitrogens is 1. The fraction of sp³-hybridized carbons (Fsp3) is 0.308. The molecule has 0 aliphatic heterocycles. The Balaban J connectivity index is 2.72. The Bertz CT molecular complexity index is 563. The first-order valence-corrected chi connectivity index (χ1v) is 6.98. The summed E-state index contributed by atoms with van der Waals surface area (Å²) in [5, 5.41) is 2.05. The van der Waals surface area contributed by atoms with Crippen LogP contribution in [0.2, 0.25) is 0 Å². The van der Waals surface area contributed by atoms with E-state index in [0.29, 0.717) is 0 Å². The van der Waals surface area contributed by atoms with E-state index in [0.717, 1.165) is 20.9 Å². The van der Waals surface area contributed by atoms with E-state index in [1.807, 2.05) is 5.38 Å². The summed E-state index contributed by atoms with van der Waals surface area (Å²) in [5.41, 5.74) is 5.69. The van der Waals surface area contributed by atoms with Crippen molar-refractivity contribution in [3.8, 4) is 17.0 Å². The number of halogens is 1. The molecule has 0 atom stereocenters. The van der Waals surface area contributed by atoms with Crippen molar-refractivity contribution in [1.29, 1.82) is 0 Å². The van der Waals surface area contributed by atoms with Crippen molar-refractivity contribution in [2.24, 2.45) is 0 Å². The van der Waals surface area contributed by atoms with Gasteiger partial charge in [-0.2, -0.15) is 0 Å². The van der Waals surface area contributed by atoms with Gasteiger partial charge < -0.3 is 4.74 Å². The van der Waals surface area contributed by atoms with Crippen molar-refractivity contribution in [3.63, 3.8) is 0 Å². The predicted molar refractivity (Wildman–Crippen MR) is 76.0 cm³/mol.